The molecule has 0 saturated carbocycles. The van der Waals surface area contributed by atoms with Crippen LogP contribution in [0.3, 0.4) is 0 Å². The minimum Gasteiger partial charge on any atom is -0.357 e. The van der Waals surface area contributed by atoms with Crippen LogP contribution < -0.4 is 10.6 Å². The second kappa shape index (κ2) is 11.8. The molecule has 0 aliphatic carbocycles. The number of nitrogens with one attached hydrogen (secondary N) is 2. The molecule has 29 heavy (non-hydrogen) atoms. The summed E-state index contributed by atoms with van der Waals surface area (Å²) in [6, 6.07) is 13.4. The van der Waals surface area contributed by atoms with E-state index in [0.29, 0.717) is 17.5 Å². The standard InChI is InChI=1S/C22H30FN5S/c1-2-24-22(26-13-16-29-21-9-4-3-8-20(21)23)27-18-10-14-28(15-11-18)17-19-7-5-6-12-25-19/h3-9,12,18H,2,10-11,13-17H2,1H3,(H2,24,26,27). The number of rotatable bonds is 8. The topological polar surface area (TPSA) is 52.6 Å². The summed E-state index contributed by atoms with van der Waals surface area (Å²) in [7, 11) is 0. The van der Waals surface area contributed by atoms with Gasteiger partial charge in [-0.3, -0.25) is 14.9 Å². The molecule has 0 bridgehead atoms. The number of piperidine rings is 1. The summed E-state index contributed by atoms with van der Waals surface area (Å²) >= 11 is 1.50. The van der Waals surface area contributed by atoms with Crippen molar-refractivity contribution < 1.29 is 4.39 Å². The van der Waals surface area contributed by atoms with Crippen molar-refractivity contribution in [3.05, 3.63) is 60.2 Å². The van der Waals surface area contributed by atoms with Gasteiger partial charge in [0.2, 0.25) is 0 Å². The monoisotopic (exact) mass is 415 g/mol. The maximum Gasteiger partial charge on any atom is 0.191 e. The first-order chi connectivity index (χ1) is 14.2. The molecule has 1 saturated heterocycles. The van der Waals surface area contributed by atoms with Crippen molar-refractivity contribution in [3.63, 3.8) is 0 Å². The molecular formula is C22H30FN5S. The van der Waals surface area contributed by atoms with Gasteiger partial charge in [-0.05, 0) is 44.0 Å². The number of pyridine rings is 1. The number of halogens is 1. The molecule has 0 radical (unpaired) electrons. The molecule has 1 fully saturated rings. The van der Waals surface area contributed by atoms with Crippen LogP contribution >= 0.6 is 11.8 Å². The van der Waals surface area contributed by atoms with E-state index in [1.807, 2.05) is 30.5 Å². The van der Waals surface area contributed by atoms with Crippen molar-refractivity contribution in [2.45, 2.75) is 37.2 Å². The van der Waals surface area contributed by atoms with Crippen LogP contribution in [0.1, 0.15) is 25.5 Å². The van der Waals surface area contributed by atoms with Crippen molar-refractivity contribution in [2.75, 3.05) is 31.9 Å². The molecular weight excluding hydrogens is 385 g/mol. The van der Waals surface area contributed by atoms with Gasteiger partial charge in [0.15, 0.2) is 5.96 Å². The number of nitrogens with zero attached hydrogens (tertiary/aromatic N) is 3. The normalized spacial score (nSPS) is 16.0. The number of benzene rings is 1. The van der Waals surface area contributed by atoms with Gasteiger partial charge in [-0.1, -0.05) is 18.2 Å². The van der Waals surface area contributed by atoms with E-state index in [-0.39, 0.29) is 5.82 Å². The fraction of sp³-hybridized carbons (Fsp3) is 0.455. The van der Waals surface area contributed by atoms with Gasteiger partial charge in [0.05, 0.1) is 12.2 Å². The maximum absolute atomic E-state index is 13.7. The Morgan fingerprint density at radius 3 is 2.72 bits per heavy atom. The van der Waals surface area contributed by atoms with Crippen LogP contribution in [0.25, 0.3) is 0 Å². The van der Waals surface area contributed by atoms with Crippen molar-refractivity contribution in [2.24, 2.45) is 4.99 Å². The number of guanidine groups is 1. The molecule has 2 heterocycles. The Hall–Kier alpha value is -2.12. The highest BCUT2D eigenvalue weighted by atomic mass is 32.2. The van der Waals surface area contributed by atoms with Gasteiger partial charge in [-0.15, -0.1) is 11.8 Å². The molecule has 0 amide bonds. The lowest BCUT2D eigenvalue weighted by atomic mass is 10.0. The van der Waals surface area contributed by atoms with Gasteiger partial charge in [0, 0.05) is 49.1 Å². The lowest BCUT2D eigenvalue weighted by Crippen LogP contribution is -2.48. The molecule has 2 aromatic rings. The maximum atomic E-state index is 13.7. The summed E-state index contributed by atoms with van der Waals surface area (Å²) in [4.78, 5) is 12.2. The minimum atomic E-state index is -0.163. The van der Waals surface area contributed by atoms with Gasteiger partial charge in [-0.25, -0.2) is 4.39 Å². The number of hydrogen-bond acceptors (Lipinski definition) is 4. The fourth-order valence-electron chi connectivity index (χ4n) is 3.34. The summed E-state index contributed by atoms with van der Waals surface area (Å²) in [5.74, 6) is 1.44. The van der Waals surface area contributed by atoms with E-state index >= 15 is 0 Å². The summed E-state index contributed by atoms with van der Waals surface area (Å²) < 4.78 is 13.7. The Morgan fingerprint density at radius 2 is 2.00 bits per heavy atom. The predicted octanol–water partition coefficient (Wildman–Crippen LogP) is 3.53. The molecule has 0 unspecified atom stereocenters. The van der Waals surface area contributed by atoms with Crippen LogP contribution in [0.2, 0.25) is 0 Å². The van der Waals surface area contributed by atoms with E-state index in [2.05, 4.69) is 38.5 Å². The van der Waals surface area contributed by atoms with Crippen LogP contribution in [-0.2, 0) is 6.54 Å². The average molecular weight is 416 g/mol. The van der Waals surface area contributed by atoms with E-state index in [1.165, 1.54) is 17.8 Å². The van der Waals surface area contributed by atoms with E-state index in [9.17, 15) is 4.39 Å². The zero-order valence-electron chi connectivity index (χ0n) is 17.0. The summed E-state index contributed by atoms with van der Waals surface area (Å²) in [5, 5.41) is 6.89. The lowest BCUT2D eigenvalue weighted by Gasteiger charge is -2.32. The van der Waals surface area contributed by atoms with Crippen LogP contribution in [0, 0.1) is 5.82 Å². The van der Waals surface area contributed by atoms with Crippen molar-refractivity contribution in [3.8, 4) is 0 Å². The zero-order valence-corrected chi connectivity index (χ0v) is 17.8. The molecule has 5 nitrogen and oxygen atoms in total. The third-order valence-electron chi connectivity index (χ3n) is 4.84. The van der Waals surface area contributed by atoms with Crippen molar-refractivity contribution in [1.82, 2.24) is 20.5 Å². The quantitative estimate of drug-likeness (QED) is 0.299. The molecule has 1 aliphatic heterocycles. The summed E-state index contributed by atoms with van der Waals surface area (Å²) in [6.07, 6.45) is 4.02. The third kappa shape index (κ3) is 7.33. The highest BCUT2D eigenvalue weighted by Gasteiger charge is 2.20. The molecule has 156 valence electrons. The number of aromatic nitrogens is 1. The van der Waals surface area contributed by atoms with E-state index in [4.69, 9.17) is 0 Å². The van der Waals surface area contributed by atoms with E-state index < -0.39 is 0 Å². The smallest absolute Gasteiger partial charge is 0.191 e. The molecule has 1 aliphatic rings. The Morgan fingerprint density at radius 1 is 1.21 bits per heavy atom. The number of aliphatic imine (C=N–C) groups is 1. The van der Waals surface area contributed by atoms with Crippen LogP contribution in [0.4, 0.5) is 4.39 Å². The van der Waals surface area contributed by atoms with Gasteiger partial charge >= 0.3 is 0 Å². The Kier molecular flexibility index (Phi) is 8.77. The van der Waals surface area contributed by atoms with Crippen molar-refractivity contribution >= 4 is 17.7 Å². The van der Waals surface area contributed by atoms with E-state index in [0.717, 1.165) is 56.4 Å². The van der Waals surface area contributed by atoms with Crippen LogP contribution in [0.5, 0.6) is 0 Å². The Balaban J connectivity index is 1.41. The van der Waals surface area contributed by atoms with Gasteiger partial charge < -0.3 is 10.6 Å². The van der Waals surface area contributed by atoms with Crippen LogP contribution in [-0.4, -0.2) is 53.8 Å². The molecule has 2 N–H and O–H groups in total. The Labute approximate surface area is 177 Å². The predicted molar refractivity (Wildman–Crippen MR) is 119 cm³/mol. The highest BCUT2D eigenvalue weighted by molar-refractivity contribution is 7.99. The number of hydrogen-bond donors (Lipinski definition) is 2. The highest BCUT2D eigenvalue weighted by Crippen LogP contribution is 2.20. The molecule has 7 heteroatoms. The summed E-state index contributed by atoms with van der Waals surface area (Å²) in [6.45, 7) is 6.56. The average Bonchev–Trinajstić information content (AvgIpc) is 2.74. The lowest BCUT2D eigenvalue weighted by molar-refractivity contribution is 0.196. The third-order valence-corrected chi connectivity index (χ3v) is 5.87. The molecule has 1 aromatic carbocycles. The molecule has 1 aromatic heterocycles. The molecule has 0 atom stereocenters. The number of thioether (sulfide) groups is 1. The van der Waals surface area contributed by atoms with Gasteiger partial charge in [-0.2, -0.15) is 0 Å². The van der Waals surface area contributed by atoms with Gasteiger partial charge in [0.1, 0.15) is 5.82 Å². The number of likely N-dealkylation sites (tertiary alicyclic amines) is 1. The largest absolute Gasteiger partial charge is 0.357 e. The SMILES string of the molecule is CCNC(=NCCSc1ccccc1F)NC1CCN(Cc2ccccn2)CC1. The molecule has 3 rings (SSSR count). The second-order valence-electron chi connectivity index (χ2n) is 7.06. The first-order valence-corrected chi connectivity index (χ1v) is 11.3. The summed E-state index contributed by atoms with van der Waals surface area (Å²) in [5.41, 5.74) is 1.13. The first-order valence-electron chi connectivity index (χ1n) is 10.3. The van der Waals surface area contributed by atoms with Crippen molar-refractivity contribution in [1.29, 1.82) is 0 Å². The second-order valence-corrected chi connectivity index (χ2v) is 8.19. The van der Waals surface area contributed by atoms with Crippen LogP contribution in [0.15, 0.2) is 58.5 Å². The van der Waals surface area contributed by atoms with E-state index in [1.54, 1.807) is 6.07 Å². The first kappa shape index (κ1) is 21.6. The fourth-order valence-corrected chi connectivity index (χ4v) is 4.13. The Bertz CT molecular complexity index is 763. The van der Waals surface area contributed by atoms with Gasteiger partial charge in [0.25, 0.3) is 0 Å². The molecule has 0 spiro atoms. The zero-order chi connectivity index (χ0) is 20.3. The minimum absolute atomic E-state index is 0.163.